The van der Waals surface area contributed by atoms with E-state index in [0.29, 0.717) is 12.6 Å². The van der Waals surface area contributed by atoms with Crippen molar-refractivity contribution in [3.8, 4) is 5.75 Å². The van der Waals surface area contributed by atoms with Gasteiger partial charge in [0.1, 0.15) is 12.4 Å². The third kappa shape index (κ3) is 3.44. The number of rotatable bonds is 6. The van der Waals surface area contributed by atoms with Crippen LogP contribution in [-0.4, -0.2) is 49.4 Å². The Balaban J connectivity index is 1.90. The predicted molar refractivity (Wildman–Crippen MR) is 82.3 cm³/mol. The summed E-state index contributed by atoms with van der Waals surface area (Å²) < 4.78 is 5.73. The maximum absolute atomic E-state index is 9.78. The normalized spacial score (nSPS) is 24.3. The maximum Gasteiger partial charge on any atom is 0.121 e. The molecule has 0 heterocycles. The number of hydrogen-bond donors (Lipinski definition) is 2. The largest absolute Gasteiger partial charge is 0.492 e. The molecule has 112 valence electrons. The van der Waals surface area contributed by atoms with Gasteiger partial charge < -0.3 is 20.1 Å². The smallest absolute Gasteiger partial charge is 0.121 e. The number of likely N-dealkylation sites (N-methyl/N-ethyl adjacent to an activating group) is 1. The van der Waals surface area contributed by atoms with E-state index in [1.165, 1.54) is 0 Å². The van der Waals surface area contributed by atoms with E-state index < -0.39 is 0 Å². The molecule has 4 heteroatoms. The van der Waals surface area contributed by atoms with Crippen molar-refractivity contribution in [3.05, 3.63) is 24.3 Å². The van der Waals surface area contributed by atoms with E-state index in [1.807, 2.05) is 38.4 Å². The van der Waals surface area contributed by atoms with Crippen molar-refractivity contribution < 1.29 is 9.84 Å². The highest BCUT2D eigenvalue weighted by Gasteiger charge is 2.47. The highest BCUT2D eigenvalue weighted by Crippen LogP contribution is 2.42. The molecule has 20 heavy (non-hydrogen) atoms. The van der Waals surface area contributed by atoms with Crippen LogP contribution in [0.25, 0.3) is 0 Å². The summed E-state index contributed by atoms with van der Waals surface area (Å²) in [6, 6.07) is 8.35. The Hall–Kier alpha value is -1.26. The lowest BCUT2D eigenvalue weighted by atomic mass is 9.64. The Bertz CT molecular complexity index is 446. The molecule has 2 N–H and O–H groups in total. The Kier molecular flexibility index (Phi) is 4.55. The van der Waals surface area contributed by atoms with Crippen molar-refractivity contribution in [2.24, 2.45) is 5.41 Å². The third-order valence-corrected chi connectivity index (χ3v) is 4.20. The topological polar surface area (TPSA) is 44.7 Å². The molecule has 1 aliphatic carbocycles. The van der Waals surface area contributed by atoms with Crippen LogP contribution < -0.4 is 10.1 Å². The lowest BCUT2D eigenvalue weighted by Gasteiger charge is -2.49. The highest BCUT2D eigenvalue weighted by molar-refractivity contribution is 5.49. The van der Waals surface area contributed by atoms with Gasteiger partial charge in [0, 0.05) is 29.8 Å². The van der Waals surface area contributed by atoms with E-state index in [1.54, 1.807) is 0 Å². The van der Waals surface area contributed by atoms with Gasteiger partial charge in [-0.05, 0) is 32.6 Å². The van der Waals surface area contributed by atoms with Crippen LogP contribution in [-0.2, 0) is 0 Å². The van der Waals surface area contributed by atoms with Gasteiger partial charge in [0.2, 0.25) is 0 Å². The molecule has 0 aromatic heterocycles. The summed E-state index contributed by atoms with van der Waals surface area (Å²) in [4.78, 5) is 2.10. The summed E-state index contributed by atoms with van der Waals surface area (Å²) in [5.74, 6) is 0.884. The highest BCUT2D eigenvalue weighted by atomic mass is 16.5. The first-order valence-electron chi connectivity index (χ1n) is 7.22. The minimum Gasteiger partial charge on any atom is -0.492 e. The van der Waals surface area contributed by atoms with Gasteiger partial charge in [0.25, 0.3) is 0 Å². The molecule has 0 saturated heterocycles. The molecule has 0 amide bonds. The summed E-state index contributed by atoms with van der Waals surface area (Å²) in [6.07, 6.45) is 0.596. The van der Waals surface area contributed by atoms with Crippen molar-refractivity contribution in [2.75, 3.05) is 32.6 Å². The van der Waals surface area contributed by atoms with Crippen molar-refractivity contribution >= 4 is 5.69 Å². The Labute approximate surface area is 121 Å². The molecule has 2 unspecified atom stereocenters. The second-order valence-electron chi connectivity index (χ2n) is 6.45. The van der Waals surface area contributed by atoms with E-state index >= 15 is 0 Å². The first-order chi connectivity index (χ1) is 9.39. The lowest BCUT2D eigenvalue weighted by molar-refractivity contribution is -0.0510. The van der Waals surface area contributed by atoms with E-state index in [4.69, 9.17) is 4.74 Å². The van der Waals surface area contributed by atoms with Gasteiger partial charge >= 0.3 is 0 Å². The lowest BCUT2D eigenvalue weighted by Crippen LogP contribution is -2.56. The van der Waals surface area contributed by atoms with Crippen molar-refractivity contribution in [3.63, 3.8) is 0 Å². The molecule has 0 bridgehead atoms. The fourth-order valence-corrected chi connectivity index (χ4v) is 2.37. The number of benzene rings is 1. The Morgan fingerprint density at radius 1 is 1.40 bits per heavy atom. The van der Waals surface area contributed by atoms with E-state index in [-0.39, 0.29) is 11.5 Å². The van der Waals surface area contributed by atoms with Gasteiger partial charge in [0.05, 0.1) is 6.10 Å². The fraction of sp³-hybridized carbons (Fsp3) is 0.625. The number of nitrogens with zero attached hydrogens (tertiary/aromatic N) is 1. The average Bonchev–Trinajstić information content (AvgIpc) is 2.38. The molecule has 1 aromatic carbocycles. The van der Waals surface area contributed by atoms with Gasteiger partial charge in [-0.2, -0.15) is 0 Å². The van der Waals surface area contributed by atoms with Gasteiger partial charge in [-0.15, -0.1) is 0 Å². The first-order valence-corrected chi connectivity index (χ1v) is 7.22. The fourth-order valence-electron chi connectivity index (χ4n) is 2.37. The van der Waals surface area contributed by atoms with Crippen molar-refractivity contribution in [1.29, 1.82) is 0 Å². The second-order valence-corrected chi connectivity index (χ2v) is 6.45. The molecule has 2 atom stereocenters. The van der Waals surface area contributed by atoms with Crippen LogP contribution in [0.15, 0.2) is 24.3 Å². The van der Waals surface area contributed by atoms with Crippen LogP contribution >= 0.6 is 0 Å². The number of aliphatic hydroxyl groups excluding tert-OH is 1. The summed E-state index contributed by atoms with van der Waals surface area (Å²) in [5, 5.41) is 13.3. The van der Waals surface area contributed by atoms with E-state index in [2.05, 4.69) is 24.1 Å². The number of nitrogens with one attached hydrogen (secondary N) is 1. The second kappa shape index (κ2) is 6.02. The average molecular weight is 278 g/mol. The summed E-state index contributed by atoms with van der Waals surface area (Å²) >= 11 is 0. The van der Waals surface area contributed by atoms with Gasteiger partial charge in [-0.25, -0.2) is 0 Å². The summed E-state index contributed by atoms with van der Waals surface area (Å²) in [5.41, 5.74) is 0.985. The van der Waals surface area contributed by atoms with Crippen LogP contribution in [0.2, 0.25) is 0 Å². The number of aliphatic hydroxyl groups is 1. The minimum atomic E-state index is -0.209. The Morgan fingerprint density at radius 2 is 2.15 bits per heavy atom. The van der Waals surface area contributed by atoms with Gasteiger partial charge in [0.15, 0.2) is 0 Å². The van der Waals surface area contributed by atoms with Crippen molar-refractivity contribution in [1.82, 2.24) is 4.90 Å². The molecule has 0 aliphatic heterocycles. The van der Waals surface area contributed by atoms with Crippen LogP contribution in [0.3, 0.4) is 0 Å². The molecule has 4 nitrogen and oxygen atoms in total. The van der Waals surface area contributed by atoms with Crippen LogP contribution in [0, 0.1) is 5.41 Å². The molecule has 0 radical (unpaired) electrons. The molecule has 1 fully saturated rings. The number of anilines is 1. The molecular weight excluding hydrogens is 252 g/mol. The number of ether oxygens (including phenoxy) is 1. The third-order valence-electron chi connectivity index (χ3n) is 4.20. The van der Waals surface area contributed by atoms with Crippen molar-refractivity contribution in [2.45, 2.75) is 32.4 Å². The molecule has 0 spiro atoms. The quantitative estimate of drug-likeness (QED) is 0.837. The molecule has 1 aromatic rings. The Morgan fingerprint density at radius 3 is 2.75 bits per heavy atom. The molecule has 1 saturated carbocycles. The zero-order chi connectivity index (χ0) is 14.8. The predicted octanol–water partition coefficient (Wildman–Crippen LogP) is 2.20. The van der Waals surface area contributed by atoms with Gasteiger partial charge in [-0.1, -0.05) is 19.9 Å². The SMILES string of the molecule is CN(C)CCOc1cccc(NC2CC(O)C2(C)C)c1. The van der Waals surface area contributed by atoms with Gasteiger partial charge in [-0.3, -0.25) is 0 Å². The zero-order valence-electron chi connectivity index (χ0n) is 12.9. The standard InChI is InChI=1S/C16H26N2O2/c1-16(2)14(11-15(16)19)17-12-6-5-7-13(10-12)20-9-8-18(3)4/h5-7,10,14-15,17,19H,8-9,11H2,1-4H3. The number of hydrogen-bond acceptors (Lipinski definition) is 4. The molecule has 2 rings (SSSR count). The molecular formula is C16H26N2O2. The zero-order valence-corrected chi connectivity index (χ0v) is 12.9. The minimum absolute atomic E-state index is 0.0677. The molecule has 1 aliphatic rings. The summed E-state index contributed by atoms with van der Waals surface area (Å²) in [6.45, 7) is 5.77. The van der Waals surface area contributed by atoms with E-state index in [9.17, 15) is 5.11 Å². The first kappa shape index (κ1) is 15.1. The monoisotopic (exact) mass is 278 g/mol. The van der Waals surface area contributed by atoms with Crippen LogP contribution in [0.5, 0.6) is 5.75 Å². The maximum atomic E-state index is 9.78. The summed E-state index contributed by atoms with van der Waals surface area (Å²) in [7, 11) is 4.07. The van der Waals surface area contributed by atoms with E-state index in [0.717, 1.165) is 24.4 Å². The van der Waals surface area contributed by atoms with Crippen LogP contribution in [0.4, 0.5) is 5.69 Å². The van der Waals surface area contributed by atoms with Crippen LogP contribution in [0.1, 0.15) is 20.3 Å².